The van der Waals surface area contributed by atoms with Crippen LogP contribution in [0.2, 0.25) is 0 Å². The molecule has 0 saturated carbocycles. The van der Waals surface area contributed by atoms with Crippen molar-refractivity contribution in [3.8, 4) is 0 Å². The van der Waals surface area contributed by atoms with E-state index in [2.05, 4.69) is 10.3 Å². The Morgan fingerprint density at radius 2 is 2.15 bits per heavy atom. The number of amides is 2. The smallest absolute Gasteiger partial charge is 0.253 e. The summed E-state index contributed by atoms with van der Waals surface area (Å²) in [5.41, 5.74) is 0.697. The molecule has 1 saturated heterocycles. The first-order valence-corrected chi connectivity index (χ1v) is 7.10. The second-order valence-corrected chi connectivity index (χ2v) is 5.27. The Hall–Kier alpha value is -1.91. The average Bonchev–Trinajstić information content (AvgIpc) is 2.47. The van der Waals surface area contributed by atoms with E-state index in [1.165, 1.54) is 6.92 Å². The van der Waals surface area contributed by atoms with Crippen LogP contribution in [0.15, 0.2) is 24.5 Å². The van der Waals surface area contributed by atoms with E-state index in [9.17, 15) is 9.59 Å². The molecule has 1 aliphatic heterocycles. The molecule has 0 aromatic carbocycles. The molecule has 0 spiro atoms. The highest BCUT2D eigenvalue weighted by Crippen LogP contribution is 2.20. The molecular weight excluding hydrogens is 254 g/mol. The monoisotopic (exact) mass is 275 g/mol. The normalized spacial score (nSPS) is 18.6. The molecule has 1 unspecified atom stereocenters. The van der Waals surface area contributed by atoms with Crippen LogP contribution in [-0.4, -0.2) is 41.3 Å². The first kappa shape index (κ1) is 14.5. The lowest BCUT2D eigenvalue weighted by Crippen LogP contribution is -2.40. The van der Waals surface area contributed by atoms with E-state index < -0.39 is 0 Å². The number of hydrogen-bond donors (Lipinski definition) is 1. The number of rotatable bonds is 4. The van der Waals surface area contributed by atoms with Crippen molar-refractivity contribution in [2.45, 2.75) is 26.2 Å². The summed E-state index contributed by atoms with van der Waals surface area (Å²) in [6.45, 7) is 3.82. The van der Waals surface area contributed by atoms with E-state index >= 15 is 0 Å². The minimum atomic E-state index is 0.00512. The van der Waals surface area contributed by atoms with Crippen molar-refractivity contribution in [2.24, 2.45) is 5.92 Å². The molecule has 2 rings (SSSR count). The van der Waals surface area contributed by atoms with Crippen molar-refractivity contribution >= 4 is 11.8 Å². The second-order valence-electron chi connectivity index (χ2n) is 5.27. The van der Waals surface area contributed by atoms with Crippen molar-refractivity contribution in [3.63, 3.8) is 0 Å². The minimum absolute atomic E-state index is 0.00512. The number of carbonyl (C=O) groups is 2. The lowest BCUT2D eigenvalue weighted by molar-refractivity contribution is -0.119. The van der Waals surface area contributed by atoms with E-state index in [0.29, 0.717) is 18.0 Å². The molecule has 5 heteroatoms. The predicted octanol–water partition coefficient (Wildman–Crippen LogP) is 1.46. The largest absolute Gasteiger partial charge is 0.356 e. The van der Waals surface area contributed by atoms with Gasteiger partial charge in [-0.2, -0.15) is 0 Å². The van der Waals surface area contributed by atoms with Crippen LogP contribution in [0.3, 0.4) is 0 Å². The van der Waals surface area contributed by atoms with Gasteiger partial charge in [0.15, 0.2) is 0 Å². The first-order chi connectivity index (χ1) is 9.66. The Balaban J connectivity index is 1.87. The van der Waals surface area contributed by atoms with Gasteiger partial charge in [0.1, 0.15) is 0 Å². The van der Waals surface area contributed by atoms with Crippen LogP contribution in [0, 0.1) is 5.92 Å². The molecule has 1 fully saturated rings. The average molecular weight is 275 g/mol. The van der Waals surface area contributed by atoms with Crippen LogP contribution in [0.5, 0.6) is 0 Å². The maximum Gasteiger partial charge on any atom is 0.253 e. The number of hydrogen-bond acceptors (Lipinski definition) is 3. The molecule has 20 heavy (non-hydrogen) atoms. The Bertz CT molecular complexity index is 461. The molecule has 1 aromatic rings. The summed E-state index contributed by atoms with van der Waals surface area (Å²) in [4.78, 5) is 29.1. The van der Waals surface area contributed by atoms with Gasteiger partial charge in [0.2, 0.25) is 5.91 Å². The topological polar surface area (TPSA) is 62.3 Å². The Morgan fingerprint density at radius 1 is 1.40 bits per heavy atom. The summed E-state index contributed by atoms with van der Waals surface area (Å²) in [5.74, 6) is 0.559. The Morgan fingerprint density at radius 3 is 2.85 bits per heavy atom. The van der Waals surface area contributed by atoms with Crippen LogP contribution in [0.1, 0.15) is 36.5 Å². The van der Waals surface area contributed by atoms with Gasteiger partial charge < -0.3 is 10.2 Å². The fourth-order valence-corrected chi connectivity index (χ4v) is 2.61. The van der Waals surface area contributed by atoms with Crippen LogP contribution < -0.4 is 5.32 Å². The highest BCUT2D eigenvalue weighted by atomic mass is 16.2. The Labute approximate surface area is 119 Å². The second kappa shape index (κ2) is 7.03. The van der Waals surface area contributed by atoms with E-state index in [0.717, 1.165) is 32.4 Å². The molecule has 0 bridgehead atoms. The van der Waals surface area contributed by atoms with Gasteiger partial charge in [0.05, 0.1) is 0 Å². The molecule has 108 valence electrons. The van der Waals surface area contributed by atoms with Crippen molar-refractivity contribution in [1.29, 1.82) is 0 Å². The highest BCUT2D eigenvalue weighted by Gasteiger charge is 2.24. The van der Waals surface area contributed by atoms with Gasteiger partial charge in [0, 0.05) is 44.5 Å². The molecule has 2 heterocycles. The minimum Gasteiger partial charge on any atom is -0.356 e. The lowest BCUT2D eigenvalue weighted by Gasteiger charge is -2.33. The summed E-state index contributed by atoms with van der Waals surface area (Å²) in [6.07, 6.45) is 6.37. The third kappa shape index (κ3) is 4.05. The number of nitrogens with one attached hydrogen (secondary N) is 1. The van der Waals surface area contributed by atoms with Crippen molar-refractivity contribution in [2.75, 3.05) is 19.6 Å². The van der Waals surface area contributed by atoms with E-state index in [1.54, 1.807) is 24.5 Å². The van der Waals surface area contributed by atoms with Gasteiger partial charge in [-0.15, -0.1) is 0 Å². The summed E-state index contributed by atoms with van der Waals surface area (Å²) in [7, 11) is 0. The molecular formula is C15H21N3O2. The molecule has 1 aromatic heterocycles. The Kier molecular flexibility index (Phi) is 5.09. The maximum absolute atomic E-state index is 12.4. The van der Waals surface area contributed by atoms with Crippen molar-refractivity contribution < 1.29 is 9.59 Å². The van der Waals surface area contributed by atoms with Crippen LogP contribution in [-0.2, 0) is 4.79 Å². The third-order valence-electron chi connectivity index (χ3n) is 3.66. The van der Waals surface area contributed by atoms with Crippen molar-refractivity contribution in [1.82, 2.24) is 15.2 Å². The van der Waals surface area contributed by atoms with Gasteiger partial charge in [0.25, 0.3) is 5.91 Å². The number of carbonyl (C=O) groups excluding carboxylic acids is 2. The third-order valence-corrected chi connectivity index (χ3v) is 3.66. The van der Waals surface area contributed by atoms with E-state index in [4.69, 9.17) is 0 Å². The summed E-state index contributed by atoms with van der Waals surface area (Å²) >= 11 is 0. The number of piperidine rings is 1. The maximum atomic E-state index is 12.4. The van der Waals surface area contributed by atoms with Crippen molar-refractivity contribution in [3.05, 3.63) is 30.1 Å². The zero-order chi connectivity index (χ0) is 14.4. The van der Waals surface area contributed by atoms with Crippen LogP contribution in [0.25, 0.3) is 0 Å². The fraction of sp³-hybridized carbons (Fsp3) is 0.533. The molecule has 1 aliphatic rings. The van der Waals surface area contributed by atoms with Crippen LogP contribution in [0.4, 0.5) is 0 Å². The molecule has 1 atom stereocenters. The number of aromatic nitrogens is 1. The number of likely N-dealkylation sites (tertiary alicyclic amines) is 1. The van der Waals surface area contributed by atoms with Crippen LogP contribution >= 0.6 is 0 Å². The fourth-order valence-electron chi connectivity index (χ4n) is 2.61. The number of pyridine rings is 1. The SMILES string of the molecule is CC(=O)NCCC1CCCN(C(=O)c2ccncc2)C1. The molecule has 2 amide bonds. The summed E-state index contributed by atoms with van der Waals surface area (Å²) in [5, 5.41) is 2.82. The number of nitrogens with zero attached hydrogens (tertiary/aromatic N) is 2. The summed E-state index contributed by atoms with van der Waals surface area (Å²) < 4.78 is 0. The quantitative estimate of drug-likeness (QED) is 0.905. The van der Waals surface area contributed by atoms with E-state index in [1.807, 2.05) is 4.90 Å². The first-order valence-electron chi connectivity index (χ1n) is 7.10. The van der Waals surface area contributed by atoms with E-state index in [-0.39, 0.29) is 11.8 Å². The highest BCUT2D eigenvalue weighted by molar-refractivity contribution is 5.94. The van der Waals surface area contributed by atoms with Gasteiger partial charge in [-0.1, -0.05) is 0 Å². The van der Waals surface area contributed by atoms with Gasteiger partial charge in [-0.05, 0) is 37.3 Å². The zero-order valence-electron chi connectivity index (χ0n) is 11.8. The molecule has 1 N–H and O–H groups in total. The summed E-state index contributed by atoms with van der Waals surface area (Å²) in [6, 6.07) is 3.51. The van der Waals surface area contributed by atoms with Gasteiger partial charge >= 0.3 is 0 Å². The lowest BCUT2D eigenvalue weighted by atomic mass is 9.94. The van der Waals surface area contributed by atoms with Gasteiger partial charge in [-0.25, -0.2) is 0 Å². The molecule has 5 nitrogen and oxygen atoms in total. The molecule has 0 aliphatic carbocycles. The van der Waals surface area contributed by atoms with Gasteiger partial charge in [-0.3, -0.25) is 14.6 Å². The predicted molar refractivity (Wildman–Crippen MR) is 76.2 cm³/mol. The standard InChI is InChI=1S/C15H21N3O2/c1-12(19)17-9-4-13-3-2-10-18(11-13)15(20)14-5-7-16-8-6-14/h5-8,13H,2-4,9-11H2,1H3,(H,17,19). The molecule has 0 radical (unpaired) electrons. The zero-order valence-corrected chi connectivity index (χ0v) is 11.8.